The molecule has 112 valence electrons. The molecule has 0 aliphatic carbocycles. The topological polar surface area (TPSA) is 35.5 Å². The Hall–Kier alpha value is -0.900. The van der Waals surface area contributed by atoms with Gasteiger partial charge in [-0.25, -0.2) is 0 Å². The van der Waals surface area contributed by atoms with E-state index in [4.69, 9.17) is 5.11 Å². The number of likely N-dealkylation sites (tertiary alicyclic amines) is 1. The standard InChI is InChI=1S/C17H28N2O/c1-14(2)19-10-3-4-17(9-11-19)18-12-15-5-7-16(13-20)8-6-15/h5-8,14,17-18,20H,3-4,9-13H2,1-2H3. The van der Waals surface area contributed by atoms with Crippen molar-refractivity contribution in [2.75, 3.05) is 13.1 Å². The van der Waals surface area contributed by atoms with Gasteiger partial charge in [-0.3, -0.25) is 0 Å². The third kappa shape index (κ3) is 4.58. The normalized spacial score (nSPS) is 21.1. The maximum absolute atomic E-state index is 9.04. The Morgan fingerprint density at radius 2 is 1.85 bits per heavy atom. The summed E-state index contributed by atoms with van der Waals surface area (Å²) in [5.41, 5.74) is 2.28. The monoisotopic (exact) mass is 276 g/mol. The molecule has 1 aromatic carbocycles. The first-order valence-electron chi connectivity index (χ1n) is 7.85. The lowest BCUT2D eigenvalue weighted by atomic mass is 10.1. The molecule has 0 aromatic heterocycles. The molecule has 0 amide bonds. The molecule has 1 fully saturated rings. The van der Waals surface area contributed by atoms with Crippen molar-refractivity contribution >= 4 is 0 Å². The van der Waals surface area contributed by atoms with Crippen molar-refractivity contribution in [2.45, 2.75) is 58.3 Å². The van der Waals surface area contributed by atoms with Gasteiger partial charge in [-0.2, -0.15) is 0 Å². The Balaban J connectivity index is 1.78. The van der Waals surface area contributed by atoms with Gasteiger partial charge in [0.15, 0.2) is 0 Å². The van der Waals surface area contributed by atoms with Crippen LogP contribution in [0.3, 0.4) is 0 Å². The van der Waals surface area contributed by atoms with E-state index in [-0.39, 0.29) is 6.61 Å². The molecule has 3 heteroatoms. The third-order valence-corrected chi connectivity index (χ3v) is 4.29. The maximum Gasteiger partial charge on any atom is 0.0681 e. The molecule has 1 aliphatic heterocycles. The lowest BCUT2D eigenvalue weighted by molar-refractivity contribution is 0.229. The number of nitrogens with one attached hydrogen (secondary N) is 1. The number of hydrogen-bond acceptors (Lipinski definition) is 3. The summed E-state index contributed by atoms with van der Waals surface area (Å²) >= 11 is 0. The highest BCUT2D eigenvalue weighted by Crippen LogP contribution is 2.14. The Morgan fingerprint density at radius 1 is 1.15 bits per heavy atom. The summed E-state index contributed by atoms with van der Waals surface area (Å²) in [6.45, 7) is 8.08. The van der Waals surface area contributed by atoms with E-state index in [9.17, 15) is 0 Å². The zero-order chi connectivity index (χ0) is 14.4. The van der Waals surface area contributed by atoms with E-state index in [0.29, 0.717) is 12.1 Å². The summed E-state index contributed by atoms with van der Waals surface area (Å²) in [7, 11) is 0. The minimum absolute atomic E-state index is 0.126. The third-order valence-electron chi connectivity index (χ3n) is 4.29. The summed E-state index contributed by atoms with van der Waals surface area (Å²) in [6, 6.07) is 9.52. The average Bonchev–Trinajstić information content (AvgIpc) is 2.71. The number of rotatable bonds is 5. The summed E-state index contributed by atoms with van der Waals surface area (Å²) in [4.78, 5) is 2.58. The minimum atomic E-state index is 0.126. The molecule has 1 aromatic rings. The van der Waals surface area contributed by atoms with Crippen LogP contribution in [-0.2, 0) is 13.2 Å². The molecule has 1 atom stereocenters. The van der Waals surface area contributed by atoms with Gasteiger partial charge in [0.1, 0.15) is 0 Å². The van der Waals surface area contributed by atoms with Gasteiger partial charge in [-0.15, -0.1) is 0 Å². The molecule has 2 N–H and O–H groups in total. The van der Waals surface area contributed by atoms with Gasteiger partial charge in [0.25, 0.3) is 0 Å². The van der Waals surface area contributed by atoms with Gasteiger partial charge in [0, 0.05) is 18.6 Å². The van der Waals surface area contributed by atoms with Crippen molar-refractivity contribution in [1.29, 1.82) is 0 Å². The second-order valence-electron chi connectivity index (χ2n) is 6.11. The molecular weight excluding hydrogens is 248 g/mol. The molecular formula is C17H28N2O. The first-order valence-corrected chi connectivity index (χ1v) is 7.85. The van der Waals surface area contributed by atoms with Gasteiger partial charge >= 0.3 is 0 Å². The van der Waals surface area contributed by atoms with Crippen LogP contribution in [0.25, 0.3) is 0 Å². The molecule has 1 saturated heterocycles. The maximum atomic E-state index is 9.04. The highest BCUT2D eigenvalue weighted by Gasteiger charge is 2.17. The first kappa shape index (κ1) is 15.5. The van der Waals surface area contributed by atoms with Crippen molar-refractivity contribution in [3.05, 3.63) is 35.4 Å². The van der Waals surface area contributed by atoms with Crippen molar-refractivity contribution < 1.29 is 5.11 Å². The Labute approximate surface area is 123 Å². The summed E-state index contributed by atoms with van der Waals surface area (Å²) in [6.07, 6.45) is 3.81. The van der Waals surface area contributed by atoms with E-state index < -0.39 is 0 Å². The van der Waals surface area contributed by atoms with Crippen molar-refractivity contribution in [3.8, 4) is 0 Å². The van der Waals surface area contributed by atoms with E-state index in [0.717, 1.165) is 12.1 Å². The fourth-order valence-corrected chi connectivity index (χ4v) is 2.86. The Kier molecular flexibility index (Phi) is 6.02. The average molecular weight is 276 g/mol. The van der Waals surface area contributed by atoms with Crippen molar-refractivity contribution in [3.63, 3.8) is 0 Å². The van der Waals surface area contributed by atoms with Crippen molar-refractivity contribution in [2.24, 2.45) is 0 Å². The Bertz CT molecular complexity index is 388. The second-order valence-corrected chi connectivity index (χ2v) is 6.11. The number of benzene rings is 1. The van der Waals surface area contributed by atoms with Crippen LogP contribution in [0.2, 0.25) is 0 Å². The lowest BCUT2D eigenvalue weighted by Gasteiger charge is -2.24. The minimum Gasteiger partial charge on any atom is -0.392 e. The summed E-state index contributed by atoms with van der Waals surface area (Å²) in [5, 5.41) is 12.7. The number of nitrogens with zero attached hydrogens (tertiary/aromatic N) is 1. The van der Waals surface area contributed by atoms with Crippen LogP contribution in [0.4, 0.5) is 0 Å². The number of aliphatic hydroxyl groups is 1. The van der Waals surface area contributed by atoms with Crippen LogP contribution < -0.4 is 5.32 Å². The van der Waals surface area contributed by atoms with Crippen LogP contribution in [0.5, 0.6) is 0 Å². The molecule has 2 rings (SSSR count). The predicted octanol–water partition coefficient (Wildman–Crippen LogP) is 2.53. The number of aliphatic hydroxyl groups excluding tert-OH is 1. The molecule has 1 aliphatic rings. The van der Waals surface area contributed by atoms with Gasteiger partial charge in [0.2, 0.25) is 0 Å². The zero-order valence-corrected chi connectivity index (χ0v) is 12.8. The summed E-state index contributed by atoms with van der Waals surface area (Å²) < 4.78 is 0. The fourth-order valence-electron chi connectivity index (χ4n) is 2.86. The van der Waals surface area contributed by atoms with Crippen LogP contribution >= 0.6 is 0 Å². The van der Waals surface area contributed by atoms with Gasteiger partial charge < -0.3 is 15.3 Å². The van der Waals surface area contributed by atoms with E-state index in [1.54, 1.807) is 0 Å². The molecule has 0 saturated carbocycles. The quantitative estimate of drug-likeness (QED) is 0.867. The van der Waals surface area contributed by atoms with Gasteiger partial charge in [-0.05, 0) is 57.3 Å². The van der Waals surface area contributed by atoms with Crippen LogP contribution in [0.1, 0.15) is 44.2 Å². The molecule has 0 radical (unpaired) electrons. The number of hydrogen-bond donors (Lipinski definition) is 2. The molecule has 1 heterocycles. The largest absolute Gasteiger partial charge is 0.392 e. The SMILES string of the molecule is CC(C)N1CCCC(NCc2ccc(CO)cc2)CC1. The Morgan fingerprint density at radius 3 is 2.50 bits per heavy atom. The summed E-state index contributed by atoms with van der Waals surface area (Å²) in [5.74, 6) is 0. The predicted molar refractivity (Wildman–Crippen MR) is 83.6 cm³/mol. The zero-order valence-electron chi connectivity index (χ0n) is 12.8. The molecule has 3 nitrogen and oxygen atoms in total. The van der Waals surface area contributed by atoms with Crippen LogP contribution in [0, 0.1) is 0 Å². The molecule has 20 heavy (non-hydrogen) atoms. The van der Waals surface area contributed by atoms with Gasteiger partial charge in [0.05, 0.1) is 6.61 Å². The lowest BCUT2D eigenvalue weighted by Crippen LogP contribution is -2.33. The molecule has 0 bridgehead atoms. The van der Waals surface area contributed by atoms with E-state index in [1.165, 1.54) is 37.9 Å². The smallest absolute Gasteiger partial charge is 0.0681 e. The fraction of sp³-hybridized carbons (Fsp3) is 0.647. The van der Waals surface area contributed by atoms with Crippen LogP contribution in [-0.4, -0.2) is 35.2 Å². The van der Waals surface area contributed by atoms with Gasteiger partial charge in [-0.1, -0.05) is 24.3 Å². The first-order chi connectivity index (χ1) is 9.69. The second kappa shape index (κ2) is 7.77. The highest BCUT2D eigenvalue weighted by atomic mass is 16.3. The molecule has 1 unspecified atom stereocenters. The van der Waals surface area contributed by atoms with E-state index in [1.807, 2.05) is 12.1 Å². The van der Waals surface area contributed by atoms with Crippen LogP contribution in [0.15, 0.2) is 24.3 Å². The van der Waals surface area contributed by atoms with E-state index >= 15 is 0 Å². The van der Waals surface area contributed by atoms with Crippen molar-refractivity contribution in [1.82, 2.24) is 10.2 Å². The van der Waals surface area contributed by atoms with E-state index in [2.05, 4.69) is 36.2 Å². The highest BCUT2D eigenvalue weighted by molar-refractivity contribution is 5.21. The molecule has 0 spiro atoms.